The topological polar surface area (TPSA) is 137 Å². The average Bonchev–Trinajstić information content (AvgIpc) is 3.50. The van der Waals surface area contributed by atoms with Crippen molar-refractivity contribution in [2.75, 3.05) is 43.2 Å². The van der Waals surface area contributed by atoms with E-state index >= 15 is 0 Å². The van der Waals surface area contributed by atoms with Gasteiger partial charge in [-0.1, -0.05) is 27.7 Å². The van der Waals surface area contributed by atoms with E-state index in [4.69, 9.17) is 23.6 Å². The maximum Gasteiger partial charge on any atom is 0.414 e. The van der Waals surface area contributed by atoms with Gasteiger partial charge in [0.15, 0.2) is 8.32 Å². The Morgan fingerprint density at radius 2 is 1.94 bits per heavy atom. The van der Waals surface area contributed by atoms with Crippen LogP contribution in [0.25, 0.3) is 11.3 Å². The Balaban J connectivity index is 1.51. The molecule has 13 heteroatoms. The van der Waals surface area contributed by atoms with Crippen molar-refractivity contribution in [2.45, 2.75) is 97.2 Å². The summed E-state index contributed by atoms with van der Waals surface area (Å²) in [5, 5.41) is 18.4. The van der Waals surface area contributed by atoms with Crippen molar-refractivity contribution in [1.82, 2.24) is 19.7 Å². The van der Waals surface area contributed by atoms with Crippen LogP contribution in [-0.4, -0.2) is 78.8 Å². The van der Waals surface area contributed by atoms with E-state index in [9.17, 15) is 10.1 Å². The normalized spacial score (nSPS) is 19.9. The van der Waals surface area contributed by atoms with Crippen LogP contribution in [0, 0.1) is 18.3 Å². The molecule has 0 saturated carbocycles. The van der Waals surface area contributed by atoms with Crippen LogP contribution in [0.15, 0.2) is 30.5 Å². The minimum Gasteiger partial charge on any atom is -0.443 e. The van der Waals surface area contributed by atoms with Gasteiger partial charge in [-0.2, -0.15) is 10.4 Å². The van der Waals surface area contributed by atoms with Crippen molar-refractivity contribution < 1.29 is 23.4 Å². The number of hydrogen-bond acceptors (Lipinski definition) is 10. The highest BCUT2D eigenvalue weighted by atomic mass is 28.4. The lowest BCUT2D eigenvalue weighted by Crippen LogP contribution is -2.46. The molecule has 12 nitrogen and oxygen atoms in total. The molecule has 0 spiro atoms. The highest BCUT2D eigenvalue weighted by Gasteiger charge is 2.47. The largest absolute Gasteiger partial charge is 0.443 e. The van der Waals surface area contributed by atoms with Crippen LogP contribution in [0.5, 0.6) is 0 Å². The summed E-state index contributed by atoms with van der Waals surface area (Å²) in [6.45, 7) is 23.5. The number of aryl methyl sites for hydroxylation is 1. The summed E-state index contributed by atoms with van der Waals surface area (Å²) in [6, 6.07) is 9.89. The van der Waals surface area contributed by atoms with Gasteiger partial charge in [-0.25, -0.2) is 19.4 Å². The molecule has 2 atom stereocenters. The van der Waals surface area contributed by atoms with Crippen LogP contribution in [-0.2, 0) is 30.6 Å². The first-order valence-corrected chi connectivity index (χ1v) is 19.4. The van der Waals surface area contributed by atoms with Crippen LogP contribution < -0.4 is 10.2 Å². The lowest BCUT2D eigenvalue weighted by Gasteiger charge is -2.39. The van der Waals surface area contributed by atoms with Crippen molar-refractivity contribution in [1.29, 1.82) is 5.26 Å². The van der Waals surface area contributed by atoms with Gasteiger partial charge in [0.05, 0.1) is 49.0 Å². The SMILES string of the molecule is Cc1cc(Nc2nccc(-c3cc(C#N)c4c(c3)[C@@](C)(CO[Si](C)(C)C(C)(C)C)CN4C(=O)OC(C)(C)C)n2)n(CC2COCCO2)n1. The molecule has 2 aliphatic rings. The number of aromatic nitrogens is 4. The Labute approximate surface area is 284 Å². The molecule has 1 unspecified atom stereocenters. The highest BCUT2D eigenvalue weighted by molar-refractivity contribution is 6.74. The van der Waals surface area contributed by atoms with Crippen LogP contribution in [0.2, 0.25) is 18.1 Å². The lowest BCUT2D eigenvalue weighted by atomic mass is 9.83. The molecule has 0 bridgehead atoms. The van der Waals surface area contributed by atoms with E-state index in [1.165, 1.54) is 0 Å². The maximum absolute atomic E-state index is 13.6. The van der Waals surface area contributed by atoms with Gasteiger partial charge >= 0.3 is 6.09 Å². The molecule has 0 aliphatic carbocycles. The summed E-state index contributed by atoms with van der Waals surface area (Å²) in [6.07, 6.45) is 1.09. The van der Waals surface area contributed by atoms with E-state index in [0.717, 1.165) is 22.6 Å². The number of hydrogen-bond donors (Lipinski definition) is 1. The smallest absolute Gasteiger partial charge is 0.414 e. The molecule has 2 aromatic heterocycles. The van der Waals surface area contributed by atoms with Crippen LogP contribution in [0.4, 0.5) is 22.2 Å². The molecule has 2 aliphatic heterocycles. The summed E-state index contributed by atoms with van der Waals surface area (Å²) in [5.41, 5.74) is 2.66. The van der Waals surface area contributed by atoms with Crippen molar-refractivity contribution in [2.24, 2.45) is 0 Å². The monoisotopic (exact) mass is 675 g/mol. The van der Waals surface area contributed by atoms with Crippen molar-refractivity contribution in [3.05, 3.63) is 47.3 Å². The molecule has 48 heavy (non-hydrogen) atoms. The zero-order chi connectivity index (χ0) is 35.1. The molecular formula is C35H49N7O5Si. The molecular weight excluding hydrogens is 627 g/mol. The number of nitrogens with one attached hydrogen (secondary N) is 1. The summed E-state index contributed by atoms with van der Waals surface area (Å²) < 4.78 is 25.8. The van der Waals surface area contributed by atoms with Gasteiger partial charge in [0.2, 0.25) is 5.95 Å². The van der Waals surface area contributed by atoms with Crippen LogP contribution in [0.1, 0.15) is 65.3 Å². The zero-order valence-electron chi connectivity index (χ0n) is 29.9. The van der Waals surface area contributed by atoms with E-state index in [1.807, 2.05) is 50.6 Å². The molecule has 1 aromatic carbocycles. The van der Waals surface area contributed by atoms with Crippen molar-refractivity contribution in [3.63, 3.8) is 0 Å². The number of carbonyl (C=O) groups excluding carboxylic acids is 1. The summed E-state index contributed by atoms with van der Waals surface area (Å²) in [4.78, 5) is 24.5. The molecule has 0 radical (unpaired) electrons. The van der Waals surface area contributed by atoms with Gasteiger partial charge < -0.3 is 24.0 Å². The number of rotatable bonds is 8. The van der Waals surface area contributed by atoms with Gasteiger partial charge in [0.1, 0.15) is 23.6 Å². The van der Waals surface area contributed by atoms with Crippen LogP contribution >= 0.6 is 0 Å². The van der Waals surface area contributed by atoms with Gasteiger partial charge in [-0.3, -0.25) is 4.90 Å². The second-order valence-electron chi connectivity index (χ2n) is 15.5. The van der Waals surface area contributed by atoms with E-state index in [0.29, 0.717) is 62.4 Å². The van der Waals surface area contributed by atoms with Crippen molar-refractivity contribution in [3.8, 4) is 17.3 Å². The Morgan fingerprint density at radius 1 is 1.19 bits per heavy atom. The zero-order valence-corrected chi connectivity index (χ0v) is 30.9. The maximum atomic E-state index is 13.6. The van der Waals surface area contributed by atoms with E-state index < -0.39 is 25.4 Å². The summed E-state index contributed by atoms with van der Waals surface area (Å²) >= 11 is 0. The predicted molar refractivity (Wildman–Crippen MR) is 187 cm³/mol. The van der Waals surface area contributed by atoms with Gasteiger partial charge in [-0.05, 0) is 69.6 Å². The third-order valence-corrected chi connectivity index (χ3v) is 13.7. The number of benzene rings is 1. The molecule has 1 N–H and O–H groups in total. The Morgan fingerprint density at radius 3 is 2.58 bits per heavy atom. The highest BCUT2D eigenvalue weighted by Crippen LogP contribution is 2.47. The Hall–Kier alpha value is -3.83. The molecule has 3 aromatic rings. The molecule has 4 heterocycles. The second kappa shape index (κ2) is 13.2. The fraction of sp³-hybridized carbons (Fsp3) is 0.571. The van der Waals surface area contributed by atoms with E-state index in [1.54, 1.807) is 17.2 Å². The Bertz CT molecular complexity index is 1700. The van der Waals surface area contributed by atoms with Crippen molar-refractivity contribution >= 4 is 31.9 Å². The van der Waals surface area contributed by atoms with E-state index in [2.05, 4.69) is 62.3 Å². The van der Waals surface area contributed by atoms with E-state index in [-0.39, 0.29) is 11.1 Å². The number of carbonyl (C=O) groups is 1. The molecule has 258 valence electrons. The quantitative estimate of drug-likeness (QED) is 0.257. The summed E-state index contributed by atoms with van der Waals surface area (Å²) in [5.74, 6) is 1.11. The fourth-order valence-corrected chi connectivity index (χ4v) is 6.71. The lowest BCUT2D eigenvalue weighted by molar-refractivity contribution is -0.0944. The van der Waals surface area contributed by atoms with Gasteiger partial charge in [0, 0.05) is 36.4 Å². The molecule has 5 rings (SSSR count). The predicted octanol–water partition coefficient (Wildman–Crippen LogP) is 6.71. The van der Waals surface area contributed by atoms with Gasteiger partial charge in [0.25, 0.3) is 0 Å². The standard InChI is InChI=1S/C35H49N7O5Si/c1-23-15-29(42(40-23)19-26-20-44-13-14-45-26)39-31-37-12-11-28(38-31)24-16-25(18-36)30-27(17-24)35(8,22-46-48(9,10)34(5,6)7)21-41(30)32(43)47-33(2,3)4/h11-12,15-17,26H,13-14,19-22H2,1-10H3,(H,37,38,39)/t26?,35-/m1/s1. The third kappa shape index (κ3) is 7.73. The van der Waals surface area contributed by atoms with Gasteiger partial charge in [-0.15, -0.1) is 0 Å². The fourth-order valence-electron chi connectivity index (χ4n) is 5.60. The Kier molecular flexibility index (Phi) is 9.78. The third-order valence-electron chi connectivity index (χ3n) is 9.18. The minimum absolute atomic E-state index is 0.00475. The van der Waals surface area contributed by atoms with Crippen LogP contribution in [0.3, 0.4) is 0 Å². The number of amides is 1. The first kappa shape index (κ1) is 35.5. The molecule has 1 amide bonds. The first-order valence-electron chi connectivity index (χ1n) is 16.5. The minimum atomic E-state index is -2.14. The first-order chi connectivity index (χ1) is 22.4. The number of fused-ring (bicyclic) bond motifs is 1. The average molecular weight is 676 g/mol. The summed E-state index contributed by atoms with van der Waals surface area (Å²) in [7, 11) is -2.14. The number of ether oxygens (including phenoxy) is 3. The number of nitriles is 1. The second-order valence-corrected chi connectivity index (χ2v) is 20.3. The molecule has 1 saturated heterocycles. The molecule has 1 fully saturated rings. The number of anilines is 3. The number of nitrogens with zero attached hydrogens (tertiary/aromatic N) is 6.